The van der Waals surface area contributed by atoms with E-state index in [2.05, 4.69) is 34.4 Å². The highest BCUT2D eigenvalue weighted by molar-refractivity contribution is 6.65. The van der Waals surface area contributed by atoms with E-state index in [9.17, 15) is 0 Å². The van der Waals surface area contributed by atoms with Gasteiger partial charge in [-0.05, 0) is 19.9 Å². The van der Waals surface area contributed by atoms with Crippen LogP contribution in [0.5, 0.6) is 0 Å². The summed E-state index contributed by atoms with van der Waals surface area (Å²) < 4.78 is 0. The highest BCUT2D eigenvalue weighted by Crippen LogP contribution is 1.69. The first-order chi connectivity index (χ1) is 4.85. The van der Waals surface area contributed by atoms with E-state index in [0.29, 0.717) is 0 Å². The maximum absolute atomic E-state index is 5.09. The number of terminal acetylenes is 1. The highest BCUT2D eigenvalue weighted by atomic mass is 14.6. The van der Waals surface area contributed by atoms with Crippen molar-refractivity contribution in [3.63, 3.8) is 0 Å². The molecule has 0 aliphatic heterocycles. The Balaban J connectivity index is 4.43. The quantitative estimate of drug-likeness (QED) is 0.340. The zero-order chi connectivity index (χ0) is 7.82. The summed E-state index contributed by atoms with van der Waals surface area (Å²) in [6.07, 6.45) is 5.09. The molecule has 0 aromatic heterocycles. The summed E-state index contributed by atoms with van der Waals surface area (Å²) in [5, 5.41) is 0. The third-order valence-electron chi connectivity index (χ3n) is 0.744. The van der Waals surface area contributed by atoms with Gasteiger partial charge in [0.25, 0.3) is 0 Å². The molecule has 0 aliphatic carbocycles. The van der Waals surface area contributed by atoms with Gasteiger partial charge in [-0.15, -0.1) is 0 Å². The SMILES string of the molecule is C#C[B-](C#CC)=NC#CC. The molecular weight excluding hydrogens is 121 g/mol. The first-order valence-corrected chi connectivity index (χ1v) is 2.85. The van der Waals surface area contributed by atoms with Crippen LogP contribution in [0.1, 0.15) is 13.8 Å². The van der Waals surface area contributed by atoms with Crippen LogP contribution in [0.3, 0.4) is 0 Å². The standard InChI is InChI=1S/C8H7BN/c1-4-7-9(6-3)10-8-5-2/h3H,1-2H3/q-1. The van der Waals surface area contributed by atoms with Gasteiger partial charge in [0, 0.05) is 0 Å². The average molecular weight is 128 g/mol. The Bertz CT molecular complexity index is 285. The molecule has 0 rings (SSSR count). The second-order valence-electron chi connectivity index (χ2n) is 1.45. The minimum Gasteiger partial charge on any atom is -0.446 e. The van der Waals surface area contributed by atoms with Gasteiger partial charge in [0.1, 0.15) is 6.51 Å². The molecule has 0 radical (unpaired) electrons. The van der Waals surface area contributed by atoms with Gasteiger partial charge in [-0.3, -0.25) is 11.6 Å². The van der Waals surface area contributed by atoms with Crippen molar-refractivity contribution in [3.8, 4) is 35.9 Å². The molecule has 0 amide bonds. The fraction of sp³-hybridized carbons (Fsp3) is 0.250. The van der Waals surface area contributed by atoms with E-state index in [1.165, 1.54) is 0 Å². The average Bonchev–Trinajstić information content (AvgIpc) is 1.98. The third-order valence-corrected chi connectivity index (χ3v) is 0.744. The van der Waals surface area contributed by atoms with Crippen LogP contribution in [0.15, 0.2) is 4.90 Å². The summed E-state index contributed by atoms with van der Waals surface area (Å²) in [6.45, 7) is 3.06. The fourth-order valence-electron chi connectivity index (χ4n) is 0.377. The predicted molar refractivity (Wildman–Crippen MR) is 43.9 cm³/mol. The summed E-state index contributed by atoms with van der Waals surface area (Å²) in [6, 6.07) is 2.51. The van der Waals surface area contributed by atoms with Crippen molar-refractivity contribution in [2.24, 2.45) is 4.90 Å². The minimum atomic E-state index is -0.363. The maximum atomic E-state index is 5.09. The minimum absolute atomic E-state index is 0.363. The van der Waals surface area contributed by atoms with E-state index in [1.54, 1.807) is 13.8 Å². The molecule has 0 aromatic rings. The van der Waals surface area contributed by atoms with Crippen LogP contribution in [0.2, 0.25) is 0 Å². The van der Waals surface area contributed by atoms with Crippen LogP contribution in [-0.2, 0) is 0 Å². The number of hydrogen-bond acceptors (Lipinski definition) is 1. The maximum Gasteiger partial charge on any atom is 0.126 e. The summed E-state index contributed by atoms with van der Waals surface area (Å²) in [5.74, 6) is 10.4. The van der Waals surface area contributed by atoms with Crippen molar-refractivity contribution in [1.82, 2.24) is 0 Å². The van der Waals surface area contributed by atoms with Crippen LogP contribution >= 0.6 is 0 Å². The summed E-state index contributed by atoms with van der Waals surface area (Å²) in [5.41, 5.74) is 0. The first-order valence-electron chi connectivity index (χ1n) is 2.85. The third kappa shape index (κ3) is 3.53. The molecular formula is C8H7BN-. The lowest BCUT2D eigenvalue weighted by atomic mass is 9.73. The summed E-state index contributed by atoms with van der Waals surface area (Å²) in [7, 11) is 0. The second kappa shape index (κ2) is 5.68. The summed E-state index contributed by atoms with van der Waals surface area (Å²) in [4.78, 5) is 3.78. The Morgan fingerprint density at radius 2 is 2.00 bits per heavy atom. The van der Waals surface area contributed by atoms with Gasteiger partial charge in [-0.1, -0.05) is 5.92 Å². The van der Waals surface area contributed by atoms with Gasteiger partial charge in [0.05, 0.1) is 0 Å². The number of nitrogens with zero attached hydrogens (tertiary/aromatic N) is 1. The largest absolute Gasteiger partial charge is 0.446 e. The number of hydrogen-bond donors (Lipinski definition) is 0. The van der Waals surface area contributed by atoms with Crippen molar-refractivity contribution < 1.29 is 0 Å². The predicted octanol–water partition coefficient (Wildman–Crippen LogP) is 0.962. The topological polar surface area (TPSA) is 12.4 Å². The van der Waals surface area contributed by atoms with E-state index in [1.807, 2.05) is 0 Å². The van der Waals surface area contributed by atoms with Gasteiger partial charge in [-0.2, -0.15) is 12.3 Å². The number of rotatable bonds is 0. The Hall–Kier alpha value is -1.46. The van der Waals surface area contributed by atoms with Crippen molar-refractivity contribution in [2.75, 3.05) is 0 Å². The Morgan fingerprint density at radius 3 is 2.40 bits per heavy atom. The molecule has 0 N–H and O–H groups in total. The lowest BCUT2D eigenvalue weighted by Gasteiger charge is -1.91. The molecule has 0 aromatic carbocycles. The Labute approximate surface area is 62.0 Å². The zero-order valence-corrected chi connectivity index (χ0v) is 6.10. The molecule has 48 valence electrons. The molecule has 1 nitrogen and oxygen atoms in total. The van der Waals surface area contributed by atoms with E-state index in [4.69, 9.17) is 6.42 Å². The molecule has 0 unspecified atom stereocenters. The van der Waals surface area contributed by atoms with E-state index in [-0.39, 0.29) is 6.51 Å². The molecule has 0 fully saturated rings. The van der Waals surface area contributed by atoms with Crippen molar-refractivity contribution in [2.45, 2.75) is 13.8 Å². The zero-order valence-electron chi connectivity index (χ0n) is 6.10. The first kappa shape index (κ1) is 8.54. The summed E-state index contributed by atoms with van der Waals surface area (Å²) >= 11 is 0. The molecule has 0 aliphatic rings. The normalized spacial score (nSPS) is 7.90. The molecule has 0 saturated heterocycles. The van der Waals surface area contributed by atoms with Crippen LogP contribution in [0.4, 0.5) is 0 Å². The van der Waals surface area contributed by atoms with Crippen molar-refractivity contribution in [3.05, 3.63) is 0 Å². The van der Waals surface area contributed by atoms with Gasteiger partial charge in [0.2, 0.25) is 0 Å². The van der Waals surface area contributed by atoms with Crippen LogP contribution in [-0.4, -0.2) is 6.51 Å². The van der Waals surface area contributed by atoms with Crippen LogP contribution in [0.25, 0.3) is 0 Å². The Kier molecular flexibility index (Phi) is 4.85. The van der Waals surface area contributed by atoms with Crippen molar-refractivity contribution in [1.29, 1.82) is 0 Å². The molecule has 0 atom stereocenters. The monoisotopic (exact) mass is 128 g/mol. The van der Waals surface area contributed by atoms with Gasteiger partial charge >= 0.3 is 0 Å². The van der Waals surface area contributed by atoms with Crippen LogP contribution < -0.4 is 0 Å². The molecule has 10 heavy (non-hydrogen) atoms. The van der Waals surface area contributed by atoms with Gasteiger partial charge < -0.3 is 4.90 Å². The lowest BCUT2D eigenvalue weighted by molar-refractivity contribution is 1.71. The van der Waals surface area contributed by atoms with E-state index < -0.39 is 0 Å². The Morgan fingerprint density at radius 1 is 1.30 bits per heavy atom. The molecule has 0 spiro atoms. The smallest absolute Gasteiger partial charge is 0.126 e. The van der Waals surface area contributed by atoms with Gasteiger partial charge in [0.15, 0.2) is 0 Å². The van der Waals surface area contributed by atoms with Crippen molar-refractivity contribution >= 4 is 6.51 Å². The molecule has 0 bridgehead atoms. The highest BCUT2D eigenvalue weighted by Gasteiger charge is 1.66. The van der Waals surface area contributed by atoms with Crippen LogP contribution in [0, 0.1) is 35.9 Å². The second-order valence-corrected chi connectivity index (χ2v) is 1.45. The van der Waals surface area contributed by atoms with E-state index in [0.717, 1.165) is 0 Å². The molecule has 0 saturated carbocycles. The van der Waals surface area contributed by atoms with Gasteiger partial charge in [-0.25, -0.2) is 0 Å². The lowest BCUT2D eigenvalue weighted by Crippen LogP contribution is -1.90. The molecule has 2 heteroatoms. The fourth-order valence-corrected chi connectivity index (χ4v) is 0.377. The molecule has 0 heterocycles. The van der Waals surface area contributed by atoms with E-state index >= 15 is 0 Å².